The summed E-state index contributed by atoms with van der Waals surface area (Å²) in [7, 11) is -8.66. The molecule has 4 unspecified atom stereocenters. The zero-order valence-electron chi connectivity index (χ0n) is 28.1. The van der Waals surface area contributed by atoms with Crippen LogP contribution in [0.25, 0.3) is 12.2 Å². The molecule has 48 heavy (non-hydrogen) atoms. The number of rotatable bonds is 12. The molecule has 0 saturated heterocycles. The van der Waals surface area contributed by atoms with Gasteiger partial charge in [-0.2, -0.15) is 16.8 Å². The molecule has 4 aliphatic rings. The van der Waals surface area contributed by atoms with Gasteiger partial charge in [0.1, 0.15) is 0 Å². The predicted octanol–water partition coefficient (Wildman–Crippen LogP) is 2.50. The van der Waals surface area contributed by atoms with Gasteiger partial charge in [0.25, 0.3) is 20.2 Å². The van der Waals surface area contributed by atoms with Crippen LogP contribution in [0.3, 0.4) is 0 Å². The Kier molecular flexibility index (Phi) is 11.1. The highest BCUT2D eigenvalue weighted by atomic mass is 32.2. The molecule has 4 aliphatic carbocycles. The van der Waals surface area contributed by atoms with Crippen molar-refractivity contribution in [2.75, 3.05) is 51.0 Å². The number of allylic oxidation sites excluding steroid dienone is 2. The van der Waals surface area contributed by atoms with E-state index in [9.17, 15) is 35.5 Å². The van der Waals surface area contributed by atoms with E-state index in [1.807, 2.05) is 52.0 Å². The van der Waals surface area contributed by atoms with E-state index in [4.69, 9.17) is 15.3 Å². The van der Waals surface area contributed by atoms with Crippen LogP contribution in [0.4, 0.5) is 0 Å². The van der Waals surface area contributed by atoms with Crippen LogP contribution in [0.2, 0.25) is 0 Å². The molecular formula is C34H49NO11S2. The van der Waals surface area contributed by atoms with Crippen LogP contribution in [0.5, 0.6) is 0 Å². The van der Waals surface area contributed by atoms with Gasteiger partial charge < -0.3 is 15.3 Å². The summed E-state index contributed by atoms with van der Waals surface area (Å²) in [4.78, 5) is 28.7. The number of aliphatic hydroxyl groups is 3. The molecule has 5 rings (SSSR count). The van der Waals surface area contributed by atoms with Gasteiger partial charge in [-0.05, 0) is 71.6 Å². The fourth-order valence-electron chi connectivity index (χ4n) is 8.99. The highest BCUT2D eigenvalue weighted by Gasteiger charge is 2.68. The standard InChI is InChI=1S/C28H34O8S2.C6H15NO3/c1-25(2)21-9-11-27(25,15-37(31,32)33)23(29)19(21)13-17-5-7-18(8-6-17)14-20-22-10-12-28(24(20)30,26(22,3)4)16-38(34,35)36;8-4-1-7(2-5-9)3-6-10/h5-8,13-14,21-22H,9-12,15-16H2,1-4H3,(H,31,32,33)(H,34,35,36);8-10H,1-6H2/b19-13-,20-14-;. The normalized spacial score (nSPS) is 30.5. The first kappa shape index (κ1) is 38.5. The monoisotopic (exact) mass is 711 g/mol. The molecule has 4 bridgehead atoms. The number of carbonyl (C=O) groups is 2. The van der Waals surface area contributed by atoms with Gasteiger partial charge in [0.2, 0.25) is 0 Å². The molecule has 14 heteroatoms. The van der Waals surface area contributed by atoms with Gasteiger partial charge in [-0.25, -0.2) is 0 Å². The molecule has 5 N–H and O–H groups in total. The summed E-state index contributed by atoms with van der Waals surface area (Å²) in [6, 6.07) is 7.33. The number of hydrogen-bond acceptors (Lipinski definition) is 10. The topological polar surface area (TPSA) is 207 Å². The lowest BCUT2D eigenvalue weighted by Crippen LogP contribution is -2.42. The van der Waals surface area contributed by atoms with Gasteiger partial charge in [-0.3, -0.25) is 23.6 Å². The minimum atomic E-state index is -4.33. The minimum Gasteiger partial charge on any atom is -0.395 e. The van der Waals surface area contributed by atoms with Crippen molar-refractivity contribution in [1.82, 2.24) is 4.90 Å². The molecule has 4 atom stereocenters. The van der Waals surface area contributed by atoms with Crippen molar-refractivity contribution >= 4 is 44.0 Å². The summed E-state index contributed by atoms with van der Waals surface area (Å²) in [5.74, 6) is -1.80. The Morgan fingerprint density at radius 2 is 0.979 bits per heavy atom. The fourth-order valence-corrected chi connectivity index (χ4v) is 11.5. The van der Waals surface area contributed by atoms with E-state index in [1.54, 1.807) is 17.1 Å². The van der Waals surface area contributed by atoms with Gasteiger partial charge in [-0.1, -0.05) is 52.0 Å². The molecule has 0 radical (unpaired) electrons. The van der Waals surface area contributed by atoms with E-state index < -0.39 is 53.4 Å². The van der Waals surface area contributed by atoms with E-state index in [2.05, 4.69) is 0 Å². The summed E-state index contributed by atoms with van der Waals surface area (Å²) in [5, 5.41) is 25.5. The van der Waals surface area contributed by atoms with Crippen molar-refractivity contribution in [2.45, 2.75) is 53.4 Å². The highest BCUT2D eigenvalue weighted by Crippen LogP contribution is 2.67. The first-order valence-corrected chi connectivity index (χ1v) is 19.5. The molecule has 268 valence electrons. The average molecular weight is 712 g/mol. The lowest BCUT2D eigenvalue weighted by Gasteiger charge is -2.34. The summed E-state index contributed by atoms with van der Waals surface area (Å²) in [5.41, 5.74) is -0.762. The Bertz CT molecular complexity index is 1550. The van der Waals surface area contributed by atoms with Gasteiger partial charge in [0.05, 0.1) is 42.2 Å². The zero-order chi connectivity index (χ0) is 35.9. The van der Waals surface area contributed by atoms with Crippen molar-refractivity contribution in [3.63, 3.8) is 0 Å². The van der Waals surface area contributed by atoms with Gasteiger partial charge in [0.15, 0.2) is 11.6 Å². The second kappa shape index (κ2) is 13.8. The molecule has 1 aromatic carbocycles. The van der Waals surface area contributed by atoms with E-state index in [-0.39, 0.29) is 43.2 Å². The third-order valence-electron chi connectivity index (χ3n) is 11.8. The maximum Gasteiger partial charge on any atom is 0.265 e. The zero-order valence-corrected chi connectivity index (χ0v) is 29.7. The predicted molar refractivity (Wildman–Crippen MR) is 181 cm³/mol. The summed E-state index contributed by atoms with van der Waals surface area (Å²) < 4.78 is 66.1. The van der Waals surface area contributed by atoms with Gasteiger partial charge in [-0.15, -0.1) is 0 Å². The quantitative estimate of drug-likeness (QED) is 0.157. The number of carbonyl (C=O) groups excluding carboxylic acids is 2. The van der Waals surface area contributed by atoms with E-state index in [0.717, 1.165) is 11.1 Å². The summed E-state index contributed by atoms with van der Waals surface area (Å²) in [6.07, 6.45) is 5.80. The van der Waals surface area contributed by atoms with Crippen LogP contribution in [-0.2, 0) is 29.8 Å². The number of nitrogens with zero attached hydrogens (tertiary/aromatic N) is 1. The molecule has 4 fully saturated rings. The number of Topliss-reactive ketones (excluding diaryl/α,β-unsaturated/α-hetero) is 2. The number of fused-ring (bicyclic) bond motifs is 4. The van der Waals surface area contributed by atoms with Crippen molar-refractivity contribution in [2.24, 2.45) is 33.5 Å². The van der Waals surface area contributed by atoms with E-state index >= 15 is 0 Å². The second-order valence-electron chi connectivity index (χ2n) is 14.8. The average Bonchev–Trinajstić information content (AvgIpc) is 3.47. The summed E-state index contributed by atoms with van der Waals surface area (Å²) >= 11 is 0. The largest absolute Gasteiger partial charge is 0.395 e. The molecule has 0 amide bonds. The van der Waals surface area contributed by atoms with Crippen LogP contribution >= 0.6 is 0 Å². The van der Waals surface area contributed by atoms with Crippen LogP contribution in [0.15, 0.2) is 35.4 Å². The lowest BCUT2D eigenvalue weighted by atomic mass is 9.70. The number of aliphatic hydroxyl groups excluding tert-OH is 3. The van der Waals surface area contributed by atoms with Crippen molar-refractivity contribution in [3.8, 4) is 0 Å². The Labute approximate surface area is 283 Å². The molecule has 4 saturated carbocycles. The lowest BCUT2D eigenvalue weighted by molar-refractivity contribution is -0.125. The molecule has 12 nitrogen and oxygen atoms in total. The summed E-state index contributed by atoms with van der Waals surface area (Å²) in [6.45, 7) is 9.33. The molecule has 0 aromatic heterocycles. The minimum absolute atomic E-state index is 0.0694. The van der Waals surface area contributed by atoms with Crippen molar-refractivity contribution < 1.29 is 50.8 Å². The Balaban J connectivity index is 0.000000453. The van der Waals surface area contributed by atoms with Crippen molar-refractivity contribution in [1.29, 1.82) is 0 Å². The van der Waals surface area contributed by atoms with E-state index in [1.165, 1.54) is 0 Å². The van der Waals surface area contributed by atoms with Gasteiger partial charge in [0, 0.05) is 30.8 Å². The van der Waals surface area contributed by atoms with E-state index in [0.29, 0.717) is 56.5 Å². The first-order valence-electron chi connectivity index (χ1n) is 16.3. The first-order chi connectivity index (χ1) is 22.2. The molecule has 0 aliphatic heterocycles. The third kappa shape index (κ3) is 7.00. The smallest absolute Gasteiger partial charge is 0.265 e. The number of benzene rings is 1. The van der Waals surface area contributed by atoms with Gasteiger partial charge >= 0.3 is 0 Å². The van der Waals surface area contributed by atoms with Crippen LogP contribution in [0, 0.1) is 33.5 Å². The van der Waals surface area contributed by atoms with Crippen molar-refractivity contribution in [3.05, 3.63) is 46.5 Å². The molecule has 0 heterocycles. The van der Waals surface area contributed by atoms with Crippen LogP contribution < -0.4 is 0 Å². The molecule has 0 spiro atoms. The molecule has 1 aromatic rings. The number of hydrogen-bond donors (Lipinski definition) is 5. The maximum absolute atomic E-state index is 13.4. The Hall–Kier alpha value is -2.30. The second-order valence-corrected chi connectivity index (χ2v) is 17.7. The third-order valence-corrected chi connectivity index (χ3v) is 13.5. The molecular weight excluding hydrogens is 663 g/mol. The maximum atomic E-state index is 13.4. The number of ketones is 2. The SMILES string of the molecule is CC1(C)C2CCC1(CS(=O)(=O)O)C(=O)/C2=C\c1ccc(/C=C2\C(=O)C3(CS(=O)(=O)O)CCC2C3(C)C)cc1.OCCN(CCO)CCO. The Morgan fingerprint density at radius 1 is 0.667 bits per heavy atom. The highest BCUT2D eigenvalue weighted by molar-refractivity contribution is 7.86. The fraction of sp³-hybridized carbons (Fsp3) is 0.647. The van der Waals surface area contributed by atoms with Crippen LogP contribution in [0.1, 0.15) is 64.5 Å². The van der Waals surface area contributed by atoms with Crippen LogP contribution in [-0.4, -0.2) is 109 Å². The Morgan fingerprint density at radius 3 is 1.25 bits per heavy atom.